The first-order chi connectivity index (χ1) is 6.13. The third kappa shape index (κ3) is 2.70. The molecule has 0 fully saturated rings. The van der Waals surface area contributed by atoms with Crippen molar-refractivity contribution in [1.82, 2.24) is 4.98 Å². The number of pyridine rings is 1. The number of nitrogens with two attached hydrogens (primary N) is 1. The van der Waals surface area contributed by atoms with Crippen LogP contribution in [0.25, 0.3) is 0 Å². The maximum atomic E-state index is 11.3. The summed E-state index contributed by atoms with van der Waals surface area (Å²) in [5.74, 6) is 0.555. The summed E-state index contributed by atoms with van der Waals surface area (Å²) in [7, 11) is 0. The number of hydrogen-bond acceptors (Lipinski definition) is 2. The lowest BCUT2D eigenvalue weighted by molar-refractivity contribution is 0.633. The first-order valence-corrected chi connectivity index (χ1v) is 4.54. The van der Waals surface area contributed by atoms with Gasteiger partial charge in [-0.25, -0.2) is 0 Å². The zero-order valence-corrected chi connectivity index (χ0v) is 8.13. The van der Waals surface area contributed by atoms with E-state index < -0.39 is 0 Å². The highest BCUT2D eigenvalue weighted by molar-refractivity contribution is 5.14. The van der Waals surface area contributed by atoms with Gasteiger partial charge in [-0.1, -0.05) is 19.9 Å². The number of aromatic amines is 1. The van der Waals surface area contributed by atoms with E-state index in [9.17, 15) is 4.79 Å². The SMILES string of the molecule is CC(C)Cc1ccc(CN)c(=O)[nH]1. The second kappa shape index (κ2) is 4.23. The van der Waals surface area contributed by atoms with Crippen LogP contribution in [-0.2, 0) is 13.0 Å². The van der Waals surface area contributed by atoms with Crippen LogP contribution in [0.2, 0.25) is 0 Å². The van der Waals surface area contributed by atoms with Crippen molar-refractivity contribution >= 4 is 0 Å². The molecule has 3 N–H and O–H groups in total. The molecule has 0 bridgehead atoms. The summed E-state index contributed by atoms with van der Waals surface area (Å²) < 4.78 is 0. The molecule has 0 amide bonds. The summed E-state index contributed by atoms with van der Waals surface area (Å²) in [6.45, 7) is 4.54. The molecule has 3 nitrogen and oxygen atoms in total. The van der Waals surface area contributed by atoms with Crippen molar-refractivity contribution < 1.29 is 0 Å². The van der Waals surface area contributed by atoms with E-state index in [1.54, 1.807) is 6.07 Å². The van der Waals surface area contributed by atoms with Gasteiger partial charge in [-0.3, -0.25) is 4.79 Å². The smallest absolute Gasteiger partial charge is 0.252 e. The van der Waals surface area contributed by atoms with Gasteiger partial charge in [-0.05, 0) is 18.4 Å². The fraction of sp³-hybridized carbons (Fsp3) is 0.500. The van der Waals surface area contributed by atoms with Crippen molar-refractivity contribution in [3.05, 3.63) is 33.7 Å². The van der Waals surface area contributed by atoms with Crippen LogP contribution >= 0.6 is 0 Å². The maximum Gasteiger partial charge on any atom is 0.252 e. The van der Waals surface area contributed by atoms with Crippen LogP contribution in [0.1, 0.15) is 25.1 Å². The number of rotatable bonds is 3. The van der Waals surface area contributed by atoms with Crippen molar-refractivity contribution in [2.24, 2.45) is 11.7 Å². The Morgan fingerprint density at radius 1 is 1.46 bits per heavy atom. The standard InChI is InChI=1S/C10H16N2O/c1-7(2)5-9-4-3-8(6-11)10(13)12-9/h3-4,7H,5-6,11H2,1-2H3,(H,12,13). The van der Waals surface area contributed by atoms with Gasteiger partial charge in [0.1, 0.15) is 0 Å². The Bertz CT molecular complexity index is 328. The Hall–Kier alpha value is -1.09. The minimum atomic E-state index is -0.0550. The van der Waals surface area contributed by atoms with Gasteiger partial charge in [0, 0.05) is 17.8 Å². The molecular formula is C10H16N2O. The van der Waals surface area contributed by atoms with E-state index in [0.717, 1.165) is 12.1 Å². The fourth-order valence-electron chi connectivity index (χ4n) is 1.26. The van der Waals surface area contributed by atoms with Crippen LogP contribution in [-0.4, -0.2) is 4.98 Å². The largest absolute Gasteiger partial charge is 0.326 e. The molecule has 0 saturated heterocycles. The average molecular weight is 180 g/mol. The Kier molecular flexibility index (Phi) is 3.25. The molecule has 1 heterocycles. The van der Waals surface area contributed by atoms with Crippen molar-refractivity contribution in [2.75, 3.05) is 0 Å². The van der Waals surface area contributed by atoms with Crippen LogP contribution in [0, 0.1) is 5.92 Å². The number of nitrogens with one attached hydrogen (secondary N) is 1. The van der Waals surface area contributed by atoms with E-state index >= 15 is 0 Å². The second-order valence-electron chi connectivity index (χ2n) is 3.64. The molecule has 72 valence electrons. The Balaban J connectivity index is 2.90. The summed E-state index contributed by atoms with van der Waals surface area (Å²) >= 11 is 0. The number of hydrogen-bond donors (Lipinski definition) is 2. The molecule has 0 aliphatic carbocycles. The summed E-state index contributed by atoms with van der Waals surface area (Å²) in [6.07, 6.45) is 0.903. The van der Waals surface area contributed by atoms with Gasteiger partial charge in [0.15, 0.2) is 0 Å². The zero-order chi connectivity index (χ0) is 9.84. The Morgan fingerprint density at radius 3 is 2.62 bits per heavy atom. The highest BCUT2D eigenvalue weighted by atomic mass is 16.1. The first-order valence-electron chi connectivity index (χ1n) is 4.54. The van der Waals surface area contributed by atoms with E-state index in [0.29, 0.717) is 18.0 Å². The lowest BCUT2D eigenvalue weighted by Gasteiger charge is -2.04. The van der Waals surface area contributed by atoms with Gasteiger partial charge >= 0.3 is 0 Å². The quantitative estimate of drug-likeness (QED) is 0.730. The summed E-state index contributed by atoms with van der Waals surface area (Å²) in [6, 6.07) is 3.74. The normalized spacial score (nSPS) is 10.8. The maximum absolute atomic E-state index is 11.3. The van der Waals surface area contributed by atoms with Crippen molar-refractivity contribution in [2.45, 2.75) is 26.8 Å². The van der Waals surface area contributed by atoms with Crippen LogP contribution in [0.3, 0.4) is 0 Å². The summed E-state index contributed by atoms with van der Waals surface area (Å²) in [4.78, 5) is 14.1. The molecule has 0 unspecified atom stereocenters. The third-order valence-corrected chi connectivity index (χ3v) is 1.90. The van der Waals surface area contributed by atoms with Crippen molar-refractivity contribution in [3.8, 4) is 0 Å². The molecular weight excluding hydrogens is 164 g/mol. The van der Waals surface area contributed by atoms with Crippen LogP contribution in [0.4, 0.5) is 0 Å². The lowest BCUT2D eigenvalue weighted by atomic mass is 10.1. The Labute approximate surface area is 78.0 Å². The van der Waals surface area contributed by atoms with E-state index in [-0.39, 0.29) is 5.56 Å². The minimum Gasteiger partial charge on any atom is -0.326 e. The van der Waals surface area contributed by atoms with Gasteiger partial charge in [0.25, 0.3) is 5.56 Å². The van der Waals surface area contributed by atoms with Gasteiger partial charge in [-0.15, -0.1) is 0 Å². The highest BCUT2D eigenvalue weighted by Gasteiger charge is 2.01. The molecule has 0 radical (unpaired) electrons. The highest BCUT2D eigenvalue weighted by Crippen LogP contribution is 2.03. The topological polar surface area (TPSA) is 58.9 Å². The summed E-state index contributed by atoms with van der Waals surface area (Å²) in [5.41, 5.74) is 6.96. The van der Waals surface area contributed by atoms with Gasteiger partial charge in [0.05, 0.1) is 0 Å². The molecule has 0 atom stereocenters. The van der Waals surface area contributed by atoms with Crippen LogP contribution in [0.15, 0.2) is 16.9 Å². The lowest BCUT2D eigenvalue weighted by Crippen LogP contribution is -2.17. The Morgan fingerprint density at radius 2 is 2.15 bits per heavy atom. The monoisotopic (exact) mass is 180 g/mol. The summed E-state index contributed by atoms with van der Waals surface area (Å²) in [5, 5.41) is 0. The van der Waals surface area contributed by atoms with Crippen molar-refractivity contribution in [1.29, 1.82) is 0 Å². The van der Waals surface area contributed by atoms with Crippen LogP contribution in [0.5, 0.6) is 0 Å². The molecule has 0 aromatic carbocycles. The van der Waals surface area contributed by atoms with E-state index in [1.807, 2.05) is 6.07 Å². The van der Waals surface area contributed by atoms with E-state index in [2.05, 4.69) is 18.8 Å². The minimum absolute atomic E-state index is 0.0550. The van der Waals surface area contributed by atoms with Crippen molar-refractivity contribution in [3.63, 3.8) is 0 Å². The van der Waals surface area contributed by atoms with Gasteiger partial charge in [0.2, 0.25) is 0 Å². The molecule has 3 heteroatoms. The molecule has 1 aromatic heterocycles. The molecule has 0 saturated carbocycles. The van der Waals surface area contributed by atoms with E-state index in [4.69, 9.17) is 5.73 Å². The molecule has 0 spiro atoms. The van der Waals surface area contributed by atoms with Gasteiger partial charge in [-0.2, -0.15) is 0 Å². The predicted octanol–water partition coefficient (Wildman–Crippen LogP) is 1.03. The number of aromatic nitrogens is 1. The fourth-order valence-corrected chi connectivity index (χ4v) is 1.26. The molecule has 0 aliphatic heterocycles. The number of H-pyrrole nitrogens is 1. The predicted molar refractivity (Wildman–Crippen MR) is 53.5 cm³/mol. The van der Waals surface area contributed by atoms with Crippen LogP contribution < -0.4 is 11.3 Å². The zero-order valence-electron chi connectivity index (χ0n) is 8.13. The molecule has 0 aliphatic rings. The van der Waals surface area contributed by atoms with E-state index in [1.165, 1.54) is 0 Å². The van der Waals surface area contributed by atoms with Gasteiger partial charge < -0.3 is 10.7 Å². The second-order valence-corrected chi connectivity index (χ2v) is 3.64. The first kappa shape index (κ1) is 9.99. The molecule has 1 rings (SSSR count). The third-order valence-electron chi connectivity index (χ3n) is 1.90. The average Bonchev–Trinajstić information content (AvgIpc) is 2.03. The molecule has 13 heavy (non-hydrogen) atoms. The molecule has 1 aromatic rings.